The van der Waals surface area contributed by atoms with Gasteiger partial charge in [-0.1, -0.05) is 66.7 Å². The molecule has 5 rings (SSSR count). The monoisotopic (exact) mass is 391 g/mol. The fourth-order valence-electron chi connectivity index (χ4n) is 3.66. The second-order valence-electron chi connectivity index (χ2n) is 7.16. The number of benzene rings is 4. The van der Waals surface area contributed by atoms with Crippen LogP contribution >= 0.6 is 0 Å². The highest BCUT2D eigenvalue weighted by Crippen LogP contribution is 2.29. The molecule has 0 aromatic heterocycles. The number of hydrogen-bond donors (Lipinski definition) is 1. The molecule has 0 aliphatic heterocycles. The maximum absolute atomic E-state index is 11.2. The number of carbonyl (C=O) groups excluding carboxylic acids is 2. The van der Waals surface area contributed by atoms with Crippen molar-refractivity contribution in [2.45, 2.75) is 6.42 Å². The molecule has 1 aliphatic rings. The van der Waals surface area contributed by atoms with E-state index in [2.05, 4.69) is 55.1 Å². The topological polar surface area (TPSA) is 60.2 Å². The van der Waals surface area contributed by atoms with E-state index >= 15 is 0 Å². The fraction of sp³-hybridized carbons (Fsp3) is 0.0370. The number of allylic oxidation sites excluding steroid dienone is 3. The van der Waals surface area contributed by atoms with E-state index in [-0.39, 0.29) is 11.6 Å². The third-order valence-corrected chi connectivity index (χ3v) is 5.23. The normalized spacial score (nSPS) is 12.4. The van der Waals surface area contributed by atoms with E-state index in [1.165, 1.54) is 28.3 Å². The molecule has 0 heterocycles. The van der Waals surface area contributed by atoms with Gasteiger partial charge >= 0.3 is 0 Å². The molecule has 0 radical (unpaired) electrons. The van der Waals surface area contributed by atoms with Crippen LogP contribution in [0.3, 0.4) is 0 Å². The van der Waals surface area contributed by atoms with Crippen LogP contribution in [0.5, 0.6) is 0 Å². The zero-order valence-corrected chi connectivity index (χ0v) is 16.5. The smallest absolute Gasteiger partial charge is 0.186 e. The Labute approximate surface area is 175 Å². The molecule has 0 bridgehead atoms. The molecule has 3 heteroatoms. The molecule has 4 aromatic carbocycles. The summed E-state index contributed by atoms with van der Waals surface area (Å²) < 4.78 is 0. The maximum atomic E-state index is 11.2. The minimum absolute atomic E-state index is 0.0924. The van der Waals surface area contributed by atoms with Crippen molar-refractivity contribution in [1.82, 2.24) is 0 Å². The van der Waals surface area contributed by atoms with Crippen molar-refractivity contribution in [3.8, 4) is 0 Å². The number of fused-ring (bicyclic) bond motifs is 3. The predicted octanol–water partition coefficient (Wildman–Crippen LogP) is 5.93. The molecule has 0 saturated carbocycles. The van der Waals surface area contributed by atoms with E-state index in [0.717, 1.165) is 23.1 Å². The summed E-state index contributed by atoms with van der Waals surface area (Å²) in [5.74, 6) is -0.185. The van der Waals surface area contributed by atoms with Gasteiger partial charge in [-0.05, 0) is 52.4 Å². The lowest BCUT2D eigenvalue weighted by Crippen LogP contribution is -2.10. The van der Waals surface area contributed by atoms with Crippen LogP contribution in [0.4, 0.5) is 5.69 Å². The summed E-state index contributed by atoms with van der Waals surface area (Å²) in [4.78, 5) is 22.4. The largest absolute Gasteiger partial charge is 0.398 e. The average Bonchev–Trinajstić information content (AvgIpc) is 2.78. The Balaban J connectivity index is 0.000000158. The van der Waals surface area contributed by atoms with Gasteiger partial charge in [0.2, 0.25) is 0 Å². The second-order valence-corrected chi connectivity index (χ2v) is 7.16. The Morgan fingerprint density at radius 3 is 1.90 bits per heavy atom. The average molecular weight is 391 g/mol. The van der Waals surface area contributed by atoms with Gasteiger partial charge in [-0.25, -0.2) is 0 Å². The van der Waals surface area contributed by atoms with Crippen LogP contribution < -0.4 is 5.73 Å². The van der Waals surface area contributed by atoms with Gasteiger partial charge in [-0.2, -0.15) is 0 Å². The Hall–Kier alpha value is -3.98. The number of nitrogen functional groups attached to an aromatic ring is 1. The van der Waals surface area contributed by atoms with E-state index in [4.69, 9.17) is 5.73 Å². The van der Waals surface area contributed by atoms with Crippen LogP contribution in [0.25, 0.3) is 21.5 Å². The predicted molar refractivity (Wildman–Crippen MR) is 124 cm³/mol. The zero-order valence-electron chi connectivity index (χ0n) is 16.5. The molecule has 146 valence electrons. The molecule has 0 atom stereocenters. The van der Waals surface area contributed by atoms with Gasteiger partial charge in [0.15, 0.2) is 11.6 Å². The summed E-state index contributed by atoms with van der Waals surface area (Å²) in [5.41, 5.74) is 9.28. The number of rotatable bonds is 2. The van der Waals surface area contributed by atoms with Gasteiger partial charge in [0.05, 0.1) is 0 Å². The Bertz CT molecular complexity index is 1290. The molecule has 4 aromatic rings. The molecule has 0 saturated heterocycles. The summed E-state index contributed by atoms with van der Waals surface area (Å²) >= 11 is 0. The van der Waals surface area contributed by atoms with Gasteiger partial charge < -0.3 is 5.73 Å². The maximum Gasteiger partial charge on any atom is 0.186 e. The summed E-state index contributed by atoms with van der Waals surface area (Å²) in [7, 11) is 0. The SMILES string of the molecule is C=CCc1ccc2cc3ccccc3cc2c1N.O=C1C=CC(=O)c2ccccc21. The molecule has 0 fully saturated rings. The van der Waals surface area contributed by atoms with Gasteiger partial charge in [-0.15, -0.1) is 6.58 Å². The van der Waals surface area contributed by atoms with Crippen LogP contribution in [0.15, 0.2) is 97.6 Å². The third-order valence-electron chi connectivity index (χ3n) is 5.23. The first kappa shape index (κ1) is 19.3. The highest BCUT2D eigenvalue weighted by Gasteiger charge is 2.17. The van der Waals surface area contributed by atoms with Crippen LogP contribution in [0, 0.1) is 0 Å². The Morgan fingerprint density at radius 2 is 1.30 bits per heavy atom. The highest BCUT2D eigenvalue weighted by atomic mass is 16.1. The van der Waals surface area contributed by atoms with Crippen LogP contribution in [-0.2, 0) is 6.42 Å². The first-order valence-electron chi connectivity index (χ1n) is 9.75. The summed E-state index contributed by atoms with van der Waals surface area (Å²) in [6.45, 7) is 3.77. The van der Waals surface area contributed by atoms with Crippen molar-refractivity contribution in [2.75, 3.05) is 5.73 Å². The van der Waals surface area contributed by atoms with Crippen LogP contribution in [-0.4, -0.2) is 11.6 Å². The van der Waals surface area contributed by atoms with Crippen molar-refractivity contribution < 1.29 is 9.59 Å². The van der Waals surface area contributed by atoms with Gasteiger partial charge in [0.1, 0.15) is 0 Å². The molecule has 0 amide bonds. The number of ketones is 2. The lowest BCUT2D eigenvalue weighted by atomic mass is 9.95. The number of carbonyl (C=O) groups is 2. The molecular formula is C27H21NO2. The quantitative estimate of drug-likeness (QED) is 0.262. The van der Waals surface area contributed by atoms with Gasteiger partial charge in [0.25, 0.3) is 0 Å². The van der Waals surface area contributed by atoms with E-state index in [9.17, 15) is 9.59 Å². The van der Waals surface area contributed by atoms with Crippen molar-refractivity contribution >= 4 is 38.8 Å². The molecular weight excluding hydrogens is 370 g/mol. The summed E-state index contributed by atoms with van der Waals surface area (Å²) in [5, 5.41) is 4.81. The highest BCUT2D eigenvalue weighted by molar-refractivity contribution is 6.21. The second kappa shape index (κ2) is 8.18. The van der Waals surface area contributed by atoms with Crippen LogP contribution in [0.2, 0.25) is 0 Å². The van der Waals surface area contributed by atoms with Crippen molar-refractivity contribution in [3.05, 3.63) is 114 Å². The molecule has 0 unspecified atom stereocenters. The van der Waals surface area contributed by atoms with Crippen molar-refractivity contribution in [3.63, 3.8) is 0 Å². The van der Waals surface area contributed by atoms with Gasteiger partial charge in [0, 0.05) is 22.2 Å². The molecule has 3 nitrogen and oxygen atoms in total. The first-order valence-corrected chi connectivity index (χ1v) is 9.75. The lowest BCUT2D eigenvalue weighted by Gasteiger charge is -2.09. The molecule has 1 aliphatic carbocycles. The lowest BCUT2D eigenvalue weighted by molar-refractivity contribution is 0.0994. The third kappa shape index (κ3) is 3.65. The number of nitrogens with two attached hydrogens (primary N) is 1. The number of hydrogen-bond acceptors (Lipinski definition) is 3. The molecule has 0 spiro atoms. The molecule has 2 N–H and O–H groups in total. The number of anilines is 1. The van der Waals surface area contributed by atoms with Crippen LogP contribution in [0.1, 0.15) is 26.3 Å². The minimum Gasteiger partial charge on any atom is -0.398 e. The standard InChI is InChI=1S/C17H15N.C10H6O2/c1-2-5-12-8-9-15-10-13-6-3-4-7-14(13)11-16(15)17(12)18;11-9-5-6-10(12)8-4-2-1-3-7(8)9/h2-4,6-11H,1,5,18H2;1-6H. The van der Waals surface area contributed by atoms with E-state index < -0.39 is 0 Å². The summed E-state index contributed by atoms with van der Waals surface area (Å²) in [6, 6.07) is 23.8. The van der Waals surface area contributed by atoms with Crippen molar-refractivity contribution in [2.24, 2.45) is 0 Å². The zero-order chi connectivity index (χ0) is 21.1. The van der Waals surface area contributed by atoms with Crippen molar-refractivity contribution in [1.29, 1.82) is 0 Å². The van der Waals surface area contributed by atoms with Gasteiger partial charge in [-0.3, -0.25) is 9.59 Å². The van der Waals surface area contributed by atoms with E-state index in [0.29, 0.717) is 11.1 Å². The van der Waals surface area contributed by atoms with E-state index in [1.54, 1.807) is 24.3 Å². The first-order chi connectivity index (χ1) is 14.6. The minimum atomic E-state index is -0.0924. The fourth-order valence-corrected chi connectivity index (χ4v) is 3.66. The summed E-state index contributed by atoms with van der Waals surface area (Å²) in [6.07, 6.45) is 5.32. The van der Waals surface area contributed by atoms with E-state index in [1.807, 2.05) is 6.08 Å². The molecule has 30 heavy (non-hydrogen) atoms. The Morgan fingerprint density at radius 1 is 0.733 bits per heavy atom. The Kier molecular flexibility index (Phi) is 5.27.